The van der Waals surface area contributed by atoms with Crippen LogP contribution in [0.1, 0.15) is 6.92 Å². The van der Waals surface area contributed by atoms with E-state index in [2.05, 4.69) is 4.90 Å². The second-order valence-electron chi connectivity index (χ2n) is 3.03. The molecule has 1 aliphatic rings. The number of epoxide rings is 1. The standard InChI is InChI=1S/C7H15NO2/c1-6(9)3-8(2)4-7-5-10-7/h6-7,9H,3-5H2,1-2H3. The number of ether oxygens (including phenoxy) is 1. The summed E-state index contributed by atoms with van der Waals surface area (Å²) in [5.74, 6) is 0. The largest absolute Gasteiger partial charge is 0.392 e. The van der Waals surface area contributed by atoms with Crippen LogP contribution in [0.2, 0.25) is 0 Å². The first-order valence-electron chi connectivity index (χ1n) is 3.66. The Balaban J connectivity index is 2.02. The summed E-state index contributed by atoms with van der Waals surface area (Å²) in [4.78, 5) is 2.09. The van der Waals surface area contributed by atoms with Crippen LogP contribution in [0.5, 0.6) is 0 Å². The zero-order chi connectivity index (χ0) is 7.56. The van der Waals surface area contributed by atoms with E-state index >= 15 is 0 Å². The van der Waals surface area contributed by atoms with Crippen LogP contribution in [0.4, 0.5) is 0 Å². The van der Waals surface area contributed by atoms with E-state index in [0.717, 1.165) is 19.7 Å². The predicted molar refractivity (Wildman–Crippen MR) is 38.9 cm³/mol. The van der Waals surface area contributed by atoms with E-state index in [1.807, 2.05) is 7.05 Å². The van der Waals surface area contributed by atoms with E-state index in [-0.39, 0.29) is 6.10 Å². The molecule has 60 valence electrons. The number of nitrogens with zero attached hydrogens (tertiary/aromatic N) is 1. The molecule has 1 aliphatic heterocycles. The van der Waals surface area contributed by atoms with Gasteiger partial charge < -0.3 is 14.7 Å². The van der Waals surface area contributed by atoms with Crippen molar-refractivity contribution in [2.45, 2.75) is 19.1 Å². The van der Waals surface area contributed by atoms with Gasteiger partial charge in [0.1, 0.15) is 0 Å². The lowest BCUT2D eigenvalue weighted by molar-refractivity contribution is 0.137. The lowest BCUT2D eigenvalue weighted by Crippen LogP contribution is -2.30. The van der Waals surface area contributed by atoms with Crippen molar-refractivity contribution in [3.63, 3.8) is 0 Å². The molecule has 0 amide bonds. The molecule has 0 aliphatic carbocycles. The fraction of sp³-hybridized carbons (Fsp3) is 1.00. The topological polar surface area (TPSA) is 36.0 Å². The molecule has 0 spiro atoms. The number of aliphatic hydroxyl groups is 1. The van der Waals surface area contributed by atoms with E-state index < -0.39 is 0 Å². The summed E-state index contributed by atoms with van der Waals surface area (Å²) in [6.07, 6.45) is 0.201. The number of hydrogen-bond acceptors (Lipinski definition) is 3. The highest BCUT2D eigenvalue weighted by atomic mass is 16.6. The molecule has 1 N–H and O–H groups in total. The Hall–Kier alpha value is -0.120. The molecular weight excluding hydrogens is 130 g/mol. The van der Waals surface area contributed by atoms with Gasteiger partial charge in [-0.25, -0.2) is 0 Å². The van der Waals surface area contributed by atoms with Crippen molar-refractivity contribution >= 4 is 0 Å². The lowest BCUT2D eigenvalue weighted by atomic mass is 10.3. The summed E-state index contributed by atoms with van der Waals surface area (Å²) in [7, 11) is 1.99. The molecule has 1 fully saturated rings. The third-order valence-corrected chi connectivity index (χ3v) is 1.49. The van der Waals surface area contributed by atoms with Crippen molar-refractivity contribution in [1.29, 1.82) is 0 Å². The zero-order valence-electron chi connectivity index (χ0n) is 6.58. The normalized spacial score (nSPS) is 27.0. The Bertz CT molecular complexity index is 97.8. The third kappa shape index (κ3) is 3.15. The molecule has 1 heterocycles. The Morgan fingerprint density at radius 2 is 2.40 bits per heavy atom. The van der Waals surface area contributed by atoms with Crippen LogP contribution in [0, 0.1) is 0 Å². The van der Waals surface area contributed by atoms with Gasteiger partial charge in [-0.15, -0.1) is 0 Å². The summed E-state index contributed by atoms with van der Waals surface area (Å²) < 4.78 is 5.04. The highest BCUT2D eigenvalue weighted by Gasteiger charge is 2.23. The molecule has 0 aromatic rings. The summed E-state index contributed by atoms with van der Waals surface area (Å²) >= 11 is 0. The van der Waals surface area contributed by atoms with Gasteiger partial charge in [0.25, 0.3) is 0 Å². The van der Waals surface area contributed by atoms with Gasteiger partial charge >= 0.3 is 0 Å². The molecule has 0 aromatic carbocycles. The van der Waals surface area contributed by atoms with Crippen molar-refractivity contribution in [3.8, 4) is 0 Å². The minimum absolute atomic E-state index is 0.233. The smallest absolute Gasteiger partial charge is 0.0936 e. The van der Waals surface area contributed by atoms with Crippen molar-refractivity contribution in [2.24, 2.45) is 0 Å². The molecule has 0 radical (unpaired) electrons. The molecule has 1 rings (SSSR count). The summed E-state index contributed by atoms with van der Waals surface area (Å²) in [6.45, 7) is 4.37. The van der Waals surface area contributed by atoms with E-state index in [0.29, 0.717) is 6.10 Å². The van der Waals surface area contributed by atoms with E-state index in [9.17, 15) is 0 Å². The molecular formula is C7H15NO2. The second kappa shape index (κ2) is 3.32. The van der Waals surface area contributed by atoms with Gasteiger partial charge in [0.15, 0.2) is 0 Å². The average molecular weight is 145 g/mol. The van der Waals surface area contributed by atoms with Gasteiger partial charge in [0, 0.05) is 13.1 Å². The van der Waals surface area contributed by atoms with Crippen molar-refractivity contribution in [2.75, 3.05) is 26.7 Å². The van der Waals surface area contributed by atoms with Crippen LogP contribution in [-0.2, 0) is 4.74 Å². The van der Waals surface area contributed by atoms with Gasteiger partial charge in [0.2, 0.25) is 0 Å². The molecule has 0 saturated carbocycles. The quantitative estimate of drug-likeness (QED) is 0.552. The second-order valence-corrected chi connectivity index (χ2v) is 3.03. The zero-order valence-corrected chi connectivity index (χ0v) is 6.58. The Morgan fingerprint density at radius 3 is 2.80 bits per heavy atom. The van der Waals surface area contributed by atoms with Crippen LogP contribution < -0.4 is 0 Å². The Kier molecular flexibility index (Phi) is 2.65. The summed E-state index contributed by atoms with van der Waals surface area (Å²) in [6, 6.07) is 0. The molecule has 0 bridgehead atoms. The average Bonchev–Trinajstić information content (AvgIpc) is 2.46. The molecule has 10 heavy (non-hydrogen) atoms. The van der Waals surface area contributed by atoms with Gasteiger partial charge in [-0.1, -0.05) is 0 Å². The van der Waals surface area contributed by atoms with Gasteiger partial charge in [-0.05, 0) is 14.0 Å². The van der Waals surface area contributed by atoms with Crippen LogP contribution >= 0.6 is 0 Å². The first-order chi connectivity index (χ1) is 4.68. The first-order valence-corrected chi connectivity index (χ1v) is 3.66. The minimum Gasteiger partial charge on any atom is -0.392 e. The van der Waals surface area contributed by atoms with Crippen LogP contribution in [-0.4, -0.2) is 49.0 Å². The fourth-order valence-corrected chi connectivity index (χ4v) is 1.05. The maximum absolute atomic E-state index is 8.97. The Morgan fingerprint density at radius 1 is 1.80 bits per heavy atom. The maximum atomic E-state index is 8.97. The van der Waals surface area contributed by atoms with Gasteiger partial charge in [-0.3, -0.25) is 0 Å². The minimum atomic E-state index is -0.233. The number of rotatable bonds is 4. The van der Waals surface area contributed by atoms with E-state index in [1.54, 1.807) is 6.92 Å². The summed E-state index contributed by atoms with van der Waals surface area (Å²) in [5.41, 5.74) is 0. The number of likely N-dealkylation sites (N-methyl/N-ethyl adjacent to an activating group) is 1. The monoisotopic (exact) mass is 145 g/mol. The molecule has 0 aromatic heterocycles. The number of hydrogen-bond donors (Lipinski definition) is 1. The van der Waals surface area contributed by atoms with Crippen molar-refractivity contribution in [3.05, 3.63) is 0 Å². The molecule has 3 heteroatoms. The molecule has 2 atom stereocenters. The van der Waals surface area contributed by atoms with Crippen LogP contribution in [0.15, 0.2) is 0 Å². The highest BCUT2D eigenvalue weighted by molar-refractivity contribution is 4.73. The third-order valence-electron chi connectivity index (χ3n) is 1.49. The lowest BCUT2D eigenvalue weighted by Gasteiger charge is -2.16. The SMILES string of the molecule is CC(O)CN(C)CC1CO1. The Labute approximate surface area is 61.6 Å². The fourth-order valence-electron chi connectivity index (χ4n) is 1.05. The van der Waals surface area contributed by atoms with Crippen molar-refractivity contribution < 1.29 is 9.84 Å². The summed E-state index contributed by atoms with van der Waals surface area (Å²) in [5, 5.41) is 8.97. The van der Waals surface area contributed by atoms with Gasteiger partial charge in [-0.2, -0.15) is 0 Å². The van der Waals surface area contributed by atoms with E-state index in [4.69, 9.17) is 9.84 Å². The first kappa shape index (κ1) is 7.98. The van der Waals surface area contributed by atoms with E-state index in [1.165, 1.54) is 0 Å². The van der Waals surface area contributed by atoms with Crippen LogP contribution in [0.3, 0.4) is 0 Å². The maximum Gasteiger partial charge on any atom is 0.0936 e. The number of aliphatic hydroxyl groups excluding tert-OH is 1. The van der Waals surface area contributed by atoms with Gasteiger partial charge in [0.05, 0.1) is 18.8 Å². The highest BCUT2D eigenvalue weighted by Crippen LogP contribution is 2.09. The van der Waals surface area contributed by atoms with Crippen molar-refractivity contribution in [1.82, 2.24) is 4.90 Å². The molecule has 2 unspecified atom stereocenters. The predicted octanol–water partition coefficient (Wildman–Crippen LogP) is -0.302. The molecule has 1 saturated heterocycles. The molecule has 3 nitrogen and oxygen atoms in total. The van der Waals surface area contributed by atoms with Crippen LogP contribution in [0.25, 0.3) is 0 Å².